The average Bonchev–Trinajstić information content (AvgIpc) is 3.10. The first-order valence-electron chi connectivity index (χ1n) is 9.34. The third-order valence-corrected chi connectivity index (χ3v) is 5.39. The predicted molar refractivity (Wildman–Crippen MR) is 95.7 cm³/mol. The Labute approximate surface area is 149 Å². The van der Waals surface area contributed by atoms with Gasteiger partial charge < -0.3 is 19.5 Å². The second-order valence-electron chi connectivity index (χ2n) is 7.40. The molecule has 0 spiro atoms. The average molecular weight is 347 g/mol. The van der Waals surface area contributed by atoms with Gasteiger partial charge in [-0.3, -0.25) is 4.79 Å². The summed E-state index contributed by atoms with van der Waals surface area (Å²) in [5, 5.41) is 10.3. The molecule has 0 bridgehead atoms. The van der Waals surface area contributed by atoms with Gasteiger partial charge in [0, 0.05) is 25.1 Å². The fourth-order valence-electron chi connectivity index (χ4n) is 3.84. The molecule has 3 atom stereocenters. The number of benzene rings is 1. The molecule has 5 heteroatoms. The lowest BCUT2D eigenvalue weighted by Crippen LogP contribution is -2.49. The standard InChI is InChI=1S/C20H29NO4/c1-14(2)15-5-7-16(8-6-15)25-13-20(23)21-10-3-4-18(21)17-12-24-11-9-19(17)22/h5-8,14,17-19,22H,3-4,9-13H2,1-2H3. The van der Waals surface area contributed by atoms with Gasteiger partial charge in [-0.15, -0.1) is 0 Å². The normalized spacial score (nSPS) is 26.9. The molecule has 0 saturated carbocycles. The summed E-state index contributed by atoms with van der Waals surface area (Å²) in [6.07, 6.45) is 2.18. The number of aliphatic hydroxyl groups excluding tert-OH is 1. The molecule has 2 fully saturated rings. The fraction of sp³-hybridized carbons (Fsp3) is 0.650. The number of carbonyl (C=O) groups is 1. The molecular weight excluding hydrogens is 318 g/mol. The van der Waals surface area contributed by atoms with E-state index in [0.717, 1.165) is 25.1 Å². The lowest BCUT2D eigenvalue weighted by molar-refractivity contribution is -0.138. The van der Waals surface area contributed by atoms with Crippen LogP contribution in [0.1, 0.15) is 44.6 Å². The maximum atomic E-state index is 12.6. The van der Waals surface area contributed by atoms with E-state index in [4.69, 9.17) is 9.47 Å². The van der Waals surface area contributed by atoms with Crippen molar-refractivity contribution in [2.24, 2.45) is 5.92 Å². The van der Waals surface area contributed by atoms with Crippen LogP contribution in [-0.2, 0) is 9.53 Å². The Bertz CT molecular complexity index is 572. The molecule has 1 amide bonds. The zero-order chi connectivity index (χ0) is 17.8. The third kappa shape index (κ3) is 4.33. The number of likely N-dealkylation sites (tertiary alicyclic amines) is 1. The van der Waals surface area contributed by atoms with Crippen LogP contribution in [0.25, 0.3) is 0 Å². The molecule has 0 aromatic heterocycles. The molecule has 5 nitrogen and oxygen atoms in total. The molecule has 3 rings (SSSR count). The molecule has 2 aliphatic rings. The molecule has 2 saturated heterocycles. The number of hydrogen-bond acceptors (Lipinski definition) is 4. The Morgan fingerprint density at radius 1 is 1.32 bits per heavy atom. The summed E-state index contributed by atoms with van der Waals surface area (Å²) in [5.41, 5.74) is 1.25. The molecule has 2 aliphatic heterocycles. The molecule has 1 aromatic carbocycles. The van der Waals surface area contributed by atoms with Crippen molar-refractivity contribution in [2.45, 2.75) is 51.2 Å². The van der Waals surface area contributed by atoms with Crippen molar-refractivity contribution in [3.63, 3.8) is 0 Å². The second-order valence-corrected chi connectivity index (χ2v) is 7.40. The van der Waals surface area contributed by atoms with E-state index in [2.05, 4.69) is 13.8 Å². The van der Waals surface area contributed by atoms with Gasteiger partial charge in [0.05, 0.1) is 12.7 Å². The number of hydrogen-bond donors (Lipinski definition) is 1. The van der Waals surface area contributed by atoms with Gasteiger partial charge in [-0.05, 0) is 42.9 Å². The van der Waals surface area contributed by atoms with E-state index in [1.165, 1.54) is 5.56 Å². The Morgan fingerprint density at radius 3 is 2.76 bits per heavy atom. The summed E-state index contributed by atoms with van der Waals surface area (Å²) < 4.78 is 11.2. The molecule has 2 heterocycles. The number of ether oxygens (including phenoxy) is 2. The number of amides is 1. The first-order chi connectivity index (χ1) is 12.1. The van der Waals surface area contributed by atoms with Crippen LogP contribution in [0.2, 0.25) is 0 Å². The third-order valence-electron chi connectivity index (χ3n) is 5.39. The SMILES string of the molecule is CC(C)c1ccc(OCC(=O)N2CCCC2C2COCCC2O)cc1. The molecule has 25 heavy (non-hydrogen) atoms. The highest BCUT2D eigenvalue weighted by Gasteiger charge is 2.39. The van der Waals surface area contributed by atoms with Crippen LogP contribution in [0.3, 0.4) is 0 Å². The lowest BCUT2D eigenvalue weighted by Gasteiger charge is -2.36. The molecule has 138 valence electrons. The highest BCUT2D eigenvalue weighted by molar-refractivity contribution is 5.78. The summed E-state index contributed by atoms with van der Waals surface area (Å²) in [7, 11) is 0. The van der Waals surface area contributed by atoms with Crippen LogP contribution >= 0.6 is 0 Å². The Hall–Kier alpha value is -1.59. The van der Waals surface area contributed by atoms with Gasteiger partial charge >= 0.3 is 0 Å². The number of carbonyl (C=O) groups excluding carboxylic acids is 1. The van der Waals surface area contributed by atoms with Crippen LogP contribution < -0.4 is 4.74 Å². The smallest absolute Gasteiger partial charge is 0.260 e. The van der Waals surface area contributed by atoms with Crippen LogP contribution in [-0.4, -0.2) is 54.4 Å². The van der Waals surface area contributed by atoms with Gasteiger partial charge in [0.2, 0.25) is 0 Å². The summed E-state index contributed by atoms with van der Waals surface area (Å²) in [6.45, 7) is 6.22. The zero-order valence-corrected chi connectivity index (χ0v) is 15.2. The van der Waals surface area contributed by atoms with Crippen molar-refractivity contribution < 1.29 is 19.4 Å². The van der Waals surface area contributed by atoms with Crippen LogP contribution in [0.5, 0.6) is 5.75 Å². The van der Waals surface area contributed by atoms with Crippen molar-refractivity contribution in [1.29, 1.82) is 0 Å². The van der Waals surface area contributed by atoms with E-state index in [1.54, 1.807) is 0 Å². The second kappa shape index (κ2) is 8.19. The van der Waals surface area contributed by atoms with E-state index in [1.807, 2.05) is 29.2 Å². The van der Waals surface area contributed by atoms with Crippen molar-refractivity contribution in [1.82, 2.24) is 4.90 Å². The molecule has 0 aliphatic carbocycles. The Kier molecular flexibility index (Phi) is 5.97. The minimum Gasteiger partial charge on any atom is -0.484 e. The summed E-state index contributed by atoms with van der Waals surface area (Å²) in [6, 6.07) is 7.98. The topological polar surface area (TPSA) is 59.0 Å². The Balaban J connectivity index is 1.56. The molecule has 0 radical (unpaired) electrons. The van der Waals surface area contributed by atoms with Gasteiger partial charge in [0.1, 0.15) is 5.75 Å². The summed E-state index contributed by atoms with van der Waals surface area (Å²) in [4.78, 5) is 14.5. The first kappa shape index (κ1) is 18.2. The van der Waals surface area contributed by atoms with Crippen LogP contribution in [0, 0.1) is 5.92 Å². The predicted octanol–water partition coefficient (Wildman–Crippen LogP) is 2.58. The quantitative estimate of drug-likeness (QED) is 0.889. The van der Waals surface area contributed by atoms with E-state index >= 15 is 0 Å². The minimum atomic E-state index is -0.378. The van der Waals surface area contributed by atoms with Gasteiger partial charge in [-0.25, -0.2) is 0 Å². The van der Waals surface area contributed by atoms with Crippen molar-refractivity contribution >= 4 is 5.91 Å². The number of aliphatic hydroxyl groups is 1. The summed E-state index contributed by atoms with van der Waals surface area (Å²) in [5.74, 6) is 1.21. The molecule has 1 N–H and O–H groups in total. The highest BCUT2D eigenvalue weighted by atomic mass is 16.5. The van der Waals surface area contributed by atoms with E-state index < -0.39 is 0 Å². The van der Waals surface area contributed by atoms with Crippen LogP contribution in [0.4, 0.5) is 0 Å². The molecule has 3 unspecified atom stereocenters. The lowest BCUT2D eigenvalue weighted by atomic mass is 9.89. The van der Waals surface area contributed by atoms with E-state index in [-0.39, 0.29) is 30.6 Å². The minimum absolute atomic E-state index is 0.00629. The van der Waals surface area contributed by atoms with Gasteiger partial charge in [0.25, 0.3) is 5.91 Å². The number of rotatable bonds is 5. The molecule has 1 aromatic rings. The molecular formula is C20H29NO4. The van der Waals surface area contributed by atoms with Crippen LogP contribution in [0.15, 0.2) is 24.3 Å². The number of nitrogens with zero attached hydrogens (tertiary/aromatic N) is 1. The van der Waals surface area contributed by atoms with E-state index in [9.17, 15) is 9.90 Å². The van der Waals surface area contributed by atoms with E-state index in [0.29, 0.717) is 25.6 Å². The zero-order valence-electron chi connectivity index (χ0n) is 15.2. The van der Waals surface area contributed by atoms with Gasteiger partial charge in [0.15, 0.2) is 6.61 Å². The fourth-order valence-corrected chi connectivity index (χ4v) is 3.84. The maximum Gasteiger partial charge on any atom is 0.260 e. The largest absolute Gasteiger partial charge is 0.484 e. The van der Waals surface area contributed by atoms with Crippen molar-refractivity contribution in [3.8, 4) is 5.75 Å². The van der Waals surface area contributed by atoms with Crippen molar-refractivity contribution in [2.75, 3.05) is 26.4 Å². The highest BCUT2D eigenvalue weighted by Crippen LogP contribution is 2.30. The van der Waals surface area contributed by atoms with Crippen molar-refractivity contribution in [3.05, 3.63) is 29.8 Å². The maximum absolute atomic E-state index is 12.6. The van der Waals surface area contributed by atoms with Gasteiger partial charge in [-0.2, -0.15) is 0 Å². The Morgan fingerprint density at radius 2 is 2.08 bits per heavy atom. The monoisotopic (exact) mass is 347 g/mol. The first-order valence-corrected chi connectivity index (χ1v) is 9.34. The summed E-state index contributed by atoms with van der Waals surface area (Å²) >= 11 is 0. The van der Waals surface area contributed by atoms with Gasteiger partial charge in [-0.1, -0.05) is 26.0 Å².